The fourth-order valence-corrected chi connectivity index (χ4v) is 4.33. The molecule has 1 aromatic heterocycles. The third-order valence-electron chi connectivity index (χ3n) is 5.08. The van der Waals surface area contributed by atoms with Crippen molar-refractivity contribution in [2.24, 2.45) is 7.05 Å². The number of amides is 1. The predicted molar refractivity (Wildman–Crippen MR) is 109 cm³/mol. The first-order chi connectivity index (χ1) is 13.0. The minimum absolute atomic E-state index is 0.0205. The number of carbonyl (C=O) groups is 1. The number of nitrogens with zero attached hydrogens (tertiary/aromatic N) is 2. The Bertz CT molecular complexity index is 842. The van der Waals surface area contributed by atoms with E-state index >= 15 is 0 Å². The molecule has 1 fully saturated rings. The summed E-state index contributed by atoms with van der Waals surface area (Å²) in [6.07, 6.45) is 6.36. The van der Waals surface area contributed by atoms with E-state index in [0.29, 0.717) is 23.2 Å². The molecule has 1 amide bonds. The van der Waals surface area contributed by atoms with Crippen molar-refractivity contribution in [2.45, 2.75) is 56.6 Å². The molecular formula is C21H27N3O2S. The second-order valence-electron chi connectivity index (χ2n) is 7.18. The highest BCUT2D eigenvalue weighted by molar-refractivity contribution is 7.99. The Morgan fingerprint density at radius 1 is 1.22 bits per heavy atom. The van der Waals surface area contributed by atoms with E-state index in [1.54, 1.807) is 11.6 Å². The van der Waals surface area contributed by atoms with Gasteiger partial charge in [0.25, 0.3) is 5.56 Å². The Balaban J connectivity index is 1.66. The molecule has 6 heteroatoms. The lowest BCUT2D eigenvalue weighted by molar-refractivity contribution is -0.119. The number of hydrogen-bond donors (Lipinski definition) is 1. The molecule has 1 N–H and O–H groups in total. The summed E-state index contributed by atoms with van der Waals surface area (Å²) < 4.78 is 1.56. The molecule has 5 nitrogen and oxygen atoms in total. The van der Waals surface area contributed by atoms with Crippen LogP contribution in [0.2, 0.25) is 0 Å². The molecule has 144 valence electrons. The first kappa shape index (κ1) is 19.7. The molecule has 0 atom stereocenters. The van der Waals surface area contributed by atoms with E-state index in [9.17, 15) is 9.59 Å². The number of aryl methyl sites for hydroxylation is 1. The highest BCUT2D eigenvalue weighted by atomic mass is 32.2. The van der Waals surface area contributed by atoms with Crippen LogP contribution in [-0.4, -0.2) is 27.3 Å². The third-order valence-corrected chi connectivity index (χ3v) is 6.11. The van der Waals surface area contributed by atoms with Gasteiger partial charge in [0.2, 0.25) is 5.91 Å². The van der Waals surface area contributed by atoms with Crippen LogP contribution in [0.5, 0.6) is 0 Å². The Kier molecular flexibility index (Phi) is 6.72. The van der Waals surface area contributed by atoms with Gasteiger partial charge in [-0.25, -0.2) is 4.98 Å². The fraction of sp³-hybridized carbons (Fsp3) is 0.476. The van der Waals surface area contributed by atoms with E-state index in [-0.39, 0.29) is 17.2 Å². The summed E-state index contributed by atoms with van der Waals surface area (Å²) in [5, 5.41) is 3.70. The summed E-state index contributed by atoms with van der Waals surface area (Å²) in [6, 6.07) is 10.2. The molecule has 0 saturated heterocycles. The maximum absolute atomic E-state index is 12.8. The molecule has 0 aliphatic heterocycles. The molecule has 0 spiro atoms. The normalized spacial score (nSPS) is 14.9. The van der Waals surface area contributed by atoms with Crippen LogP contribution in [0.25, 0.3) is 0 Å². The number of benzene rings is 1. The summed E-state index contributed by atoms with van der Waals surface area (Å²) in [7, 11) is 1.73. The van der Waals surface area contributed by atoms with E-state index in [0.717, 1.165) is 24.1 Å². The van der Waals surface area contributed by atoms with Crippen LogP contribution in [0.3, 0.4) is 0 Å². The summed E-state index contributed by atoms with van der Waals surface area (Å²) >= 11 is 1.33. The van der Waals surface area contributed by atoms with E-state index in [1.165, 1.54) is 31.0 Å². The lowest BCUT2D eigenvalue weighted by atomic mass is 9.95. The van der Waals surface area contributed by atoms with Crippen LogP contribution in [0.4, 0.5) is 0 Å². The van der Waals surface area contributed by atoms with Crippen LogP contribution >= 0.6 is 11.8 Å². The van der Waals surface area contributed by atoms with E-state index in [1.807, 2.05) is 37.3 Å². The van der Waals surface area contributed by atoms with Crippen LogP contribution < -0.4 is 10.9 Å². The smallest absolute Gasteiger partial charge is 0.257 e. The standard InChI is InChI=1S/C21H27N3O2S/c1-15-18(13-16-9-5-3-6-10-16)20(26)24(2)21(22-15)27-14-19(25)23-17-11-7-4-8-12-17/h3,5-6,9-10,17H,4,7-8,11-14H2,1-2H3,(H,23,25). The zero-order chi connectivity index (χ0) is 19.2. The first-order valence-corrected chi connectivity index (χ1v) is 10.6. The monoisotopic (exact) mass is 385 g/mol. The van der Waals surface area contributed by atoms with Gasteiger partial charge in [-0.1, -0.05) is 61.4 Å². The molecule has 3 rings (SSSR count). The largest absolute Gasteiger partial charge is 0.353 e. The van der Waals surface area contributed by atoms with Gasteiger partial charge in [0, 0.05) is 30.8 Å². The van der Waals surface area contributed by atoms with Crippen LogP contribution in [0.1, 0.15) is 48.9 Å². The van der Waals surface area contributed by atoms with Crippen molar-refractivity contribution in [1.82, 2.24) is 14.9 Å². The Labute approximate surface area is 164 Å². The zero-order valence-corrected chi connectivity index (χ0v) is 16.8. The molecule has 0 unspecified atom stereocenters. The first-order valence-electron chi connectivity index (χ1n) is 9.57. The SMILES string of the molecule is Cc1nc(SCC(=O)NC2CCCCC2)n(C)c(=O)c1Cc1ccccc1. The minimum atomic E-state index is -0.0402. The molecule has 1 aromatic carbocycles. The number of nitrogens with one attached hydrogen (secondary N) is 1. The van der Waals surface area contributed by atoms with Gasteiger partial charge in [-0.2, -0.15) is 0 Å². The van der Waals surface area contributed by atoms with Crippen molar-refractivity contribution in [3.63, 3.8) is 0 Å². The topological polar surface area (TPSA) is 64.0 Å². The molecule has 2 aromatic rings. The highest BCUT2D eigenvalue weighted by Gasteiger charge is 2.17. The fourth-order valence-electron chi connectivity index (χ4n) is 3.51. The van der Waals surface area contributed by atoms with Crippen LogP contribution in [0, 0.1) is 6.92 Å². The second-order valence-corrected chi connectivity index (χ2v) is 8.12. The lowest BCUT2D eigenvalue weighted by Crippen LogP contribution is -2.37. The van der Waals surface area contributed by atoms with Gasteiger partial charge in [-0.05, 0) is 25.3 Å². The number of thioether (sulfide) groups is 1. The van der Waals surface area contributed by atoms with E-state index in [2.05, 4.69) is 10.3 Å². The van der Waals surface area contributed by atoms with Crippen molar-refractivity contribution in [1.29, 1.82) is 0 Å². The maximum atomic E-state index is 12.8. The van der Waals surface area contributed by atoms with Gasteiger partial charge < -0.3 is 5.32 Å². The van der Waals surface area contributed by atoms with E-state index < -0.39 is 0 Å². The average Bonchev–Trinajstić information content (AvgIpc) is 2.68. The molecule has 1 saturated carbocycles. The summed E-state index contributed by atoms with van der Waals surface area (Å²) in [5.74, 6) is 0.306. The van der Waals surface area contributed by atoms with Crippen LogP contribution in [0.15, 0.2) is 40.3 Å². The number of rotatable bonds is 6. The van der Waals surface area contributed by atoms with Gasteiger partial charge >= 0.3 is 0 Å². The summed E-state index contributed by atoms with van der Waals surface area (Å²) in [4.78, 5) is 29.6. The van der Waals surface area contributed by atoms with Gasteiger partial charge in [0.1, 0.15) is 0 Å². The third kappa shape index (κ3) is 5.22. The van der Waals surface area contributed by atoms with Gasteiger partial charge in [-0.15, -0.1) is 0 Å². The van der Waals surface area contributed by atoms with Crippen molar-refractivity contribution >= 4 is 17.7 Å². The molecule has 1 aliphatic carbocycles. The quantitative estimate of drug-likeness (QED) is 0.613. The Hall–Kier alpha value is -2.08. The Morgan fingerprint density at radius 2 is 1.93 bits per heavy atom. The molecule has 0 bridgehead atoms. The van der Waals surface area contributed by atoms with Crippen molar-refractivity contribution < 1.29 is 4.79 Å². The summed E-state index contributed by atoms with van der Waals surface area (Å²) in [6.45, 7) is 1.87. The van der Waals surface area contributed by atoms with Crippen molar-refractivity contribution in [2.75, 3.05) is 5.75 Å². The molecule has 1 heterocycles. The molecule has 0 radical (unpaired) electrons. The van der Waals surface area contributed by atoms with Gasteiger partial charge in [0.05, 0.1) is 5.75 Å². The second kappa shape index (κ2) is 9.22. The number of carbonyl (C=O) groups excluding carboxylic acids is 1. The maximum Gasteiger partial charge on any atom is 0.257 e. The van der Waals surface area contributed by atoms with Crippen molar-refractivity contribution in [3.05, 3.63) is 57.5 Å². The number of aromatic nitrogens is 2. The predicted octanol–water partition coefficient (Wildman–Crippen LogP) is 3.22. The zero-order valence-electron chi connectivity index (χ0n) is 16.0. The number of hydrogen-bond acceptors (Lipinski definition) is 4. The Morgan fingerprint density at radius 3 is 2.63 bits per heavy atom. The average molecular weight is 386 g/mol. The minimum Gasteiger partial charge on any atom is -0.353 e. The molecular weight excluding hydrogens is 358 g/mol. The summed E-state index contributed by atoms with van der Waals surface area (Å²) in [5.41, 5.74) is 2.49. The van der Waals surface area contributed by atoms with Gasteiger partial charge in [-0.3, -0.25) is 14.2 Å². The van der Waals surface area contributed by atoms with Crippen molar-refractivity contribution in [3.8, 4) is 0 Å². The van der Waals surface area contributed by atoms with E-state index in [4.69, 9.17) is 0 Å². The van der Waals surface area contributed by atoms with Gasteiger partial charge in [0.15, 0.2) is 5.16 Å². The highest BCUT2D eigenvalue weighted by Crippen LogP contribution is 2.19. The van der Waals surface area contributed by atoms with Crippen LogP contribution in [-0.2, 0) is 18.3 Å². The molecule has 1 aliphatic rings. The lowest BCUT2D eigenvalue weighted by Gasteiger charge is -2.22. The molecule has 27 heavy (non-hydrogen) atoms.